The van der Waals surface area contributed by atoms with Gasteiger partial charge in [0.25, 0.3) is 0 Å². The monoisotopic (exact) mass is 346 g/mol. The van der Waals surface area contributed by atoms with E-state index in [0.717, 1.165) is 4.47 Å². The predicted octanol–water partition coefficient (Wildman–Crippen LogP) is 3.55. The highest BCUT2D eigenvalue weighted by molar-refractivity contribution is 9.10. The molecule has 1 aromatic carbocycles. The van der Waals surface area contributed by atoms with Crippen molar-refractivity contribution in [2.24, 2.45) is 10.7 Å². The Hall–Kier alpha value is -1.88. The smallest absolute Gasteiger partial charge is 0.194 e. The van der Waals surface area contributed by atoms with Crippen LogP contribution in [0.4, 0.5) is 5.82 Å². The fourth-order valence-electron chi connectivity index (χ4n) is 1.88. The van der Waals surface area contributed by atoms with Gasteiger partial charge in [0.05, 0.1) is 6.54 Å². The van der Waals surface area contributed by atoms with Crippen molar-refractivity contribution in [2.45, 2.75) is 19.3 Å². The SMILES string of the molecule is CC(C)(CN=C(N)Nc1ccccn1)c1ccc(Br)cc1. The van der Waals surface area contributed by atoms with Gasteiger partial charge in [-0.3, -0.25) is 4.99 Å². The lowest BCUT2D eigenvalue weighted by molar-refractivity contribution is 0.540. The number of aliphatic imine (C=N–C) groups is 1. The molecule has 0 saturated carbocycles. The number of guanidine groups is 1. The van der Waals surface area contributed by atoms with Gasteiger partial charge in [0.15, 0.2) is 5.96 Å². The number of pyridine rings is 1. The van der Waals surface area contributed by atoms with Crippen molar-refractivity contribution < 1.29 is 0 Å². The minimum atomic E-state index is -0.0862. The summed E-state index contributed by atoms with van der Waals surface area (Å²) in [4.78, 5) is 8.58. The molecule has 21 heavy (non-hydrogen) atoms. The van der Waals surface area contributed by atoms with Crippen LogP contribution in [-0.4, -0.2) is 17.5 Å². The maximum Gasteiger partial charge on any atom is 0.194 e. The molecule has 3 N–H and O–H groups in total. The lowest BCUT2D eigenvalue weighted by Gasteiger charge is -2.23. The molecule has 4 nitrogen and oxygen atoms in total. The second-order valence-electron chi connectivity index (χ2n) is 5.43. The minimum Gasteiger partial charge on any atom is -0.370 e. The van der Waals surface area contributed by atoms with Crippen molar-refractivity contribution >= 4 is 27.7 Å². The van der Waals surface area contributed by atoms with Gasteiger partial charge in [-0.05, 0) is 29.8 Å². The lowest BCUT2D eigenvalue weighted by Crippen LogP contribution is -2.28. The molecule has 0 radical (unpaired) electrons. The van der Waals surface area contributed by atoms with Crippen molar-refractivity contribution in [1.82, 2.24) is 4.98 Å². The zero-order valence-electron chi connectivity index (χ0n) is 12.2. The molecule has 1 aromatic heterocycles. The third kappa shape index (κ3) is 4.56. The van der Waals surface area contributed by atoms with Gasteiger partial charge in [0.1, 0.15) is 5.82 Å². The van der Waals surface area contributed by atoms with E-state index in [-0.39, 0.29) is 5.41 Å². The number of anilines is 1. The van der Waals surface area contributed by atoms with Crippen molar-refractivity contribution in [3.8, 4) is 0 Å². The zero-order valence-corrected chi connectivity index (χ0v) is 13.8. The van der Waals surface area contributed by atoms with Crippen molar-refractivity contribution in [1.29, 1.82) is 0 Å². The largest absolute Gasteiger partial charge is 0.370 e. The summed E-state index contributed by atoms with van der Waals surface area (Å²) in [6.45, 7) is 4.89. The van der Waals surface area contributed by atoms with Crippen molar-refractivity contribution in [3.63, 3.8) is 0 Å². The van der Waals surface area contributed by atoms with Crippen LogP contribution in [0.1, 0.15) is 19.4 Å². The molecule has 5 heteroatoms. The number of halogens is 1. The molecule has 0 atom stereocenters. The molecular formula is C16H19BrN4. The number of aromatic nitrogens is 1. The van der Waals surface area contributed by atoms with Gasteiger partial charge >= 0.3 is 0 Å². The third-order valence-corrected chi connectivity index (χ3v) is 3.72. The fraction of sp³-hybridized carbons (Fsp3) is 0.250. The Kier molecular flexibility index (Phi) is 4.96. The van der Waals surface area contributed by atoms with Crippen molar-refractivity contribution in [2.75, 3.05) is 11.9 Å². The summed E-state index contributed by atoms with van der Waals surface area (Å²) < 4.78 is 1.07. The van der Waals surface area contributed by atoms with Crippen LogP contribution in [0.3, 0.4) is 0 Å². The normalized spacial score (nSPS) is 12.2. The summed E-state index contributed by atoms with van der Waals surface area (Å²) in [5, 5.41) is 2.98. The Morgan fingerprint density at radius 1 is 1.24 bits per heavy atom. The molecule has 0 aliphatic carbocycles. The summed E-state index contributed by atoms with van der Waals surface area (Å²) in [5.41, 5.74) is 7.04. The van der Waals surface area contributed by atoms with E-state index < -0.39 is 0 Å². The topological polar surface area (TPSA) is 63.3 Å². The van der Waals surface area contributed by atoms with Crippen LogP contribution in [0.2, 0.25) is 0 Å². The molecule has 0 unspecified atom stereocenters. The van der Waals surface area contributed by atoms with Gasteiger partial charge in [0, 0.05) is 16.1 Å². The number of nitrogens with one attached hydrogen (secondary N) is 1. The number of benzene rings is 1. The molecule has 2 aromatic rings. The summed E-state index contributed by atoms with van der Waals surface area (Å²) in [5.74, 6) is 1.07. The van der Waals surface area contributed by atoms with E-state index in [0.29, 0.717) is 18.3 Å². The van der Waals surface area contributed by atoms with Crippen LogP contribution in [-0.2, 0) is 5.41 Å². The summed E-state index contributed by atoms with van der Waals surface area (Å²) in [6, 6.07) is 13.9. The van der Waals surface area contributed by atoms with E-state index >= 15 is 0 Å². The average Bonchev–Trinajstić information content (AvgIpc) is 2.47. The van der Waals surface area contributed by atoms with E-state index in [1.54, 1.807) is 6.20 Å². The van der Waals surface area contributed by atoms with Gasteiger partial charge < -0.3 is 11.1 Å². The van der Waals surface area contributed by atoms with E-state index in [4.69, 9.17) is 5.73 Å². The number of rotatable bonds is 4. The first kappa shape index (κ1) is 15.5. The van der Waals surface area contributed by atoms with Crippen LogP contribution in [0.15, 0.2) is 58.1 Å². The average molecular weight is 347 g/mol. The summed E-state index contributed by atoms with van der Waals surface area (Å²) >= 11 is 3.45. The Morgan fingerprint density at radius 3 is 2.57 bits per heavy atom. The van der Waals surface area contributed by atoms with E-state index in [9.17, 15) is 0 Å². The first-order valence-electron chi connectivity index (χ1n) is 6.71. The molecule has 0 aliphatic heterocycles. The molecule has 110 valence electrons. The van der Waals surface area contributed by atoms with Gasteiger partial charge in [0.2, 0.25) is 0 Å². The second-order valence-corrected chi connectivity index (χ2v) is 6.35. The maximum absolute atomic E-state index is 5.91. The van der Waals surface area contributed by atoms with Crippen LogP contribution < -0.4 is 11.1 Å². The summed E-state index contributed by atoms with van der Waals surface area (Å²) in [7, 11) is 0. The Bertz CT molecular complexity index is 606. The van der Waals surface area contributed by atoms with E-state index in [2.05, 4.69) is 57.2 Å². The highest BCUT2D eigenvalue weighted by Crippen LogP contribution is 2.25. The number of hydrogen-bond donors (Lipinski definition) is 2. The number of nitrogens with zero attached hydrogens (tertiary/aromatic N) is 2. The van der Waals surface area contributed by atoms with Crippen LogP contribution in [0.5, 0.6) is 0 Å². The van der Waals surface area contributed by atoms with E-state index in [1.165, 1.54) is 5.56 Å². The fourth-order valence-corrected chi connectivity index (χ4v) is 2.15. The molecule has 0 bridgehead atoms. The third-order valence-electron chi connectivity index (χ3n) is 3.19. The molecule has 1 heterocycles. The summed E-state index contributed by atoms with van der Waals surface area (Å²) in [6.07, 6.45) is 1.71. The molecule has 0 fully saturated rings. The van der Waals surface area contributed by atoms with Crippen LogP contribution in [0, 0.1) is 0 Å². The number of hydrogen-bond acceptors (Lipinski definition) is 2. The van der Waals surface area contributed by atoms with Gasteiger partial charge in [-0.1, -0.05) is 48.0 Å². The van der Waals surface area contributed by atoms with Crippen LogP contribution in [0.25, 0.3) is 0 Å². The maximum atomic E-state index is 5.91. The molecule has 2 rings (SSSR count). The Balaban J connectivity index is 2.02. The number of nitrogens with two attached hydrogens (primary N) is 1. The lowest BCUT2D eigenvalue weighted by atomic mass is 9.85. The van der Waals surface area contributed by atoms with Gasteiger partial charge in [-0.2, -0.15) is 0 Å². The highest BCUT2D eigenvalue weighted by atomic mass is 79.9. The quantitative estimate of drug-likeness (QED) is 0.657. The van der Waals surface area contributed by atoms with Crippen molar-refractivity contribution in [3.05, 3.63) is 58.7 Å². The van der Waals surface area contributed by atoms with E-state index in [1.807, 2.05) is 30.3 Å². The molecule has 0 spiro atoms. The standard InChI is InChI=1S/C16H19BrN4/c1-16(2,12-6-8-13(17)9-7-12)11-20-15(18)21-14-5-3-4-10-19-14/h3-10H,11H2,1-2H3,(H3,18,19,20,21). The molecule has 0 amide bonds. The molecule has 0 saturated heterocycles. The Morgan fingerprint density at radius 2 is 1.95 bits per heavy atom. The first-order chi connectivity index (χ1) is 9.97. The van der Waals surface area contributed by atoms with Gasteiger partial charge in [-0.15, -0.1) is 0 Å². The van der Waals surface area contributed by atoms with Crippen LogP contribution >= 0.6 is 15.9 Å². The predicted molar refractivity (Wildman–Crippen MR) is 91.5 cm³/mol. The Labute approximate surface area is 133 Å². The second kappa shape index (κ2) is 6.72. The highest BCUT2D eigenvalue weighted by Gasteiger charge is 2.20. The molecular weight excluding hydrogens is 328 g/mol. The molecule has 0 aliphatic rings. The first-order valence-corrected chi connectivity index (χ1v) is 7.51. The van der Waals surface area contributed by atoms with Gasteiger partial charge in [-0.25, -0.2) is 4.98 Å². The minimum absolute atomic E-state index is 0.0862. The zero-order chi connectivity index (χ0) is 15.3.